The molecule has 0 spiro atoms. The third-order valence-electron chi connectivity index (χ3n) is 5.21. The second-order valence-electron chi connectivity index (χ2n) is 9.11. The standard InChI is InChI=1S/C26H31F3N4O/c1-5-6-7-15-34-21-13-11-19(12-14-21)32-24-30-17-22(26(27,28)29)23(33-24)31-20-10-8-9-18(16-20)25(2,3)4/h8-14,16-17H,5-7,15H2,1-4H3,(H2,30,31,32,33). The van der Waals surface area contributed by atoms with E-state index in [2.05, 4.69) is 27.5 Å². The molecular formula is C26H31F3N4O. The van der Waals surface area contributed by atoms with Crippen LogP contribution in [0.4, 0.5) is 36.3 Å². The van der Waals surface area contributed by atoms with Crippen molar-refractivity contribution in [3.05, 3.63) is 65.9 Å². The maximum absolute atomic E-state index is 13.6. The zero-order chi connectivity index (χ0) is 24.8. The molecule has 34 heavy (non-hydrogen) atoms. The van der Waals surface area contributed by atoms with Crippen LogP contribution in [0.2, 0.25) is 0 Å². The van der Waals surface area contributed by atoms with Gasteiger partial charge in [-0.3, -0.25) is 0 Å². The van der Waals surface area contributed by atoms with Crippen molar-refractivity contribution in [3.63, 3.8) is 0 Å². The summed E-state index contributed by atoms with van der Waals surface area (Å²) in [6, 6.07) is 14.4. The first kappa shape index (κ1) is 25.3. The minimum atomic E-state index is -4.60. The molecule has 3 aromatic rings. The average Bonchev–Trinajstić information content (AvgIpc) is 2.77. The molecule has 0 aliphatic rings. The lowest BCUT2D eigenvalue weighted by Gasteiger charge is -2.20. The molecule has 0 radical (unpaired) electrons. The molecule has 0 saturated heterocycles. The van der Waals surface area contributed by atoms with E-state index in [4.69, 9.17) is 4.74 Å². The van der Waals surface area contributed by atoms with Crippen LogP contribution in [0.5, 0.6) is 5.75 Å². The zero-order valence-electron chi connectivity index (χ0n) is 20.0. The van der Waals surface area contributed by atoms with Crippen molar-refractivity contribution in [2.24, 2.45) is 0 Å². The molecule has 1 aromatic heterocycles. The van der Waals surface area contributed by atoms with Gasteiger partial charge in [0.1, 0.15) is 17.1 Å². The number of aromatic nitrogens is 2. The monoisotopic (exact) mass is 472 g/mol. The highest BCUT2D eigenvalue weighted by Crippen LogP contribution is 2.36. The Morgan fingerprint density at radius 1 is 0.912 bits per heavy atom. The molecule has 0 saturated carbocycles. The summed E-state index contributed by atoms with van der Waals surface area (Å²) in [7, 11) is 0. The van der Waals surface area contributed by atoms with Crippen LogP contribution in [0.15, 0.2) is 54.7 Å². The maximum atomic E-state index is 13.6. The summed E-state index contributed by atoms with van der Waals surface area (Å²) < 4.78 is 46.5. The number of alkyl halides is 3. The lowest BCUT2D eigenvalue weighted by atomic mass is 9.87. The number of rotatable bonds is 9. The van der Waals surface area contributed by atoms with Crippen LogP contribution < -0.4 is 15.4 Å². The predicted molar refractivity (Wildman–Crippen MR) is 130 cm³/mol. The van der Waals surface area contributed by atoms with Crippen molar-refractivity contribution < 1.29 is 17.9 Å². The molecule has 0 amide bonds. The molecule has 0 aliphatic heterocycles. The van der Waals surface area contributed by atoms with Gasteiger partial charge in [0.25, 0.3) is 0 Å². The Kier molecular flexibility index (Phi) is 8.02. The number of anilines is 4. The van der Waals surface area contributed by atoms with Gasteiger partial charge < -0.3 is 15.4 Å². The van der Waals surface area contributed by atoms with E-state index in [9.17, 15) is 13.2 Å². The molecule has 2 N–H and O–H groups in total. The first-order valence-corrected chi connectivity index (χ1v) is 11.4. The fourth-order valence-corrected chi connectivity index (χ4v) is 3.25. The Balaban J connectivity index is 1.79. The van der Waals surface area contributed by atoms with E-state index in [-0.39, 0.29) is 17.2 Å². The zero-order valence-corrected chi connectivity index (χ0v) is 20.0. The highest BCUT2D eigenvalue weighted by atomic mass is 19.4. The van der Waals surface area contributed by atoms with E-state index in [1.807, 2.05) is 39.0 Å². The highest BCUT2D eigenvalue weighted by Gasteiger charge is 2.35. The van der Waals surface area contributed by atoms with Crippen molar-refractivity contribution in [1.82, 2.24) is 9.97 Å². The molecule has 0 fully saturated rings. The summed E-state index contributed by atoms with van der Waals surface area (Å²) in [6.07, 6.45) is -0.583. The maximum Gasteiger partial charge on any atom is 0.421 e. The molecule has 0 atom stereocenters. The SMILES string of the molecule is CCCCCOc1ccc(Nc2ncc(C(F)(F)F)c(Nc3cccc(C(C)(C)C)c3)n2)cc1. The van der Waals surface area contributed by atoms with E-state index in [0.717, 1.165) is 36.8 Å². The van der Waals surface area contributed by atoms with Gasteiger partial charge in [-0.15, -0.1) is 0 Å². The van der Waals surface area contributed by atoms with Crippen molar-refractivity contribution in [2.45, 2.75) is 58.5 Å². The molecule has 182 valence electrons. The molecule has 3 rings (SSSR count). The normalized spacial score (nSPS) is 11.9. The summed E-state index contributed by atoms with van der Waals surface area (Å²) in [5.74, 6) is 0.474. The summed E-state index contributed by atoms with van der Waals surface area (Å²) in [5, 5.41) is 5.79. The van der Waals surface area contributed by atoms with Gasteiger partial charge in [-0.1, -0.05) is 52.7 Å². The Bertz CT molecular complexity index is 1080. The molecule has 0 aliphatic carbocycles. The van der Waals surface area contributed by atoms with Gasteiger partial charge in [-0.25, -0.2) is 4.98 Å². The largest absolute Gasteiger partial charge is 0.494 e. The van der Waals surface area contributed by atoms with Crippen molar-refractivity contribution >= 4 is 23.1 Å². The average molecular weight is 473 g/mol. The number of halogens is 3. The number of ether oxygens (including phenoxy) is 1. The predicted octanol–water partition coefficient (Wildman–Crippen LogP) is 7.85. The van der Waals surface area contributed by atoms with Gasteiger partial charge in [0.05, 0.1) is 6.61 Å². The second-order valence-corrected chi connectivity index (χ2v) is 9.11. The van der Waals surface area contributed by atoms with Gasteiger partial charge in [0, 0.05) is 17.6 Å². The van der Waals surface area contributed by atoms with E-state index >= 15 is 0 Å². The smallest absolute Gasteiger partial charge is 0.421 e. The van der Waals surface area contributed by atoms with Gasteiger partial charge in [-0.05, 0) is 53.8 Å². The van der Waals surface area contributed by atoms with E-state index in [1.54, 1.807) is 30.3 Å². The van der Waals surface area contributed by atoms with Crippen LogP contribution in [0.1, 0.15) is 58.1 Å². The van der Waals surface area contributed by atoms with Gasteiger partial charge in [0.15, 0.2) is 0 Å². The minimum absolute atomic E-state index is 0.0547. The van der Waals surface area contributed by atoms with E-state index in [1.165, 1.54) is 0 Å². The lowest BCUT2D eigenvalue weighted by Crippen LogP contribution is -2.14. The lowest BCUT2D eigenvalue weighted by molar-refractivity contribution is -0.137. The first-order valence-electron chi connectivity index (χ1n) is 11.4. The molecule has 0 bridgehead atoms. The number of nitrogens with zero attached hydrogens (tertiary/aromatic N) is 2. The van der Waals surface area contributed by atoms with Crippen LogP contribution >= 0.6 is 0 Å². The topological polar surface area (TPSA) is 59.1 Å². The second kappa shape index (κ2) is 10.8. The van der Waals surface area contributed by atoms with Gasteiger partial charge >= 0.3 is 6.18 Å². The number of nitrogens with one attached hydrogen (secondary N) is 2. The molecular weight excluding hydrogens is 441 g/mol. The summed E-state index contributed by atoms with van der Waals surface area (Å²) in [5.41, 5.74) is 1.08. The van der Waals surface area contributed by atoms with Crippen LogP contribution in [0, 0.1) is 0 Å². The third kappa shape index (κ3) is 7.10. The summed E-state index contributed by atoms with van der Waals surface area (Å²) in [4.78, 5) is 8.01. The van der Waals surface area contributed by atoms with Crippen molar-refractivity contribution in [2.75, 3.05) is 17.2 Å². The molecule has 1 heterocycles. The van der Waals surface area contributed by atoms with Crippen molar-refractivity contribution in [3.8, 4) is 5.75 Å². The first-order chi connectivity index (χ1) is 16.1. The van der Waals surface area contributed by atoms with Crippen molar-refractivity contribution in [1.29, 1.82) is 0 Å². The van der Waals surface area contributed by atoms with E-state index < -0.39 is 11.7 Å². The van der Waals surface area contributed by atoms with Gasteiger partial charge in [0.2, 0.25) is 5.95 Å². The Labute approximate surface area is 198 Å². The number of benzene rings is 2. The van der Waals surface area contributed by atoms with E-state index in [0.29, 0.717) is 18.0 Å². The summed E-state index contributed by atoms with van der Waals surface area (Å²) in [6.45, 7) is 8.91. The van der Waals surface area contributed by atoms with Crippen LogP contribution in [-0.4, -0.2) is 16.6 Å². The Morgan fingerprint density at radius 3 is 2.29 bits per heavy atom. The van der Waals surface area contributed by atoms with Gasteiger partial charge in [-0.2, -0.15) is 18.2 Å². The molecule has 2 aromatic carbocycles. The molecule has 5 nitrogen and oxygen atoms in total. The number of unbranched alkanes of at least 4 members (excludes halogenated alkanes) is 2. The quantitative estimate of drug-likeness (QED) is 0.311. The van der Waals surface area contributed by atoms with Crippen LogP contribution in [0.3, 0.4) is 0 Å². The fraction of sp³-hybridized carbons (Fsp3) is 0.385. The third-order valence-corrected chi connectivity index (χ3v) is 5.21. The molecule has 8 heteroatoms. The summed E-state index contributed by atoms with van der Waals surface area (Å²) >= 11 is 0. The Hall–Kier alpha value is -3.29. The number of hydrogen-bond acceptors (Lipinski definition) is 5. The van der Waals surface area contributed by atoms with Crippen LogP contribution in [0.25, 0.3) is 0 Å². The highest BCUT2D eigenvalue weighted by molar-refractivity contribution is 5.63. The minimum Gasteiger partial charge on any atom is -0.494 e. The van der Waals surface area contributed by atoms with Crippen LogP contribution in [-0.2, 0) is 11.6 Å². The fourth-order valence-electron chi connectivity index (χ4n) is 3.25. The number of hydrogen-bond donors (Lipinski definition) is 2. The Morgan fingerprint density at radius 2 is 1.65 bits per heavy atom. The molecule has 0 unspecified atom stereocenters.